The van der Waals surface area contributed by atoms with E-state index in [1.165, 1.54) is 37.4 Å². The predicted molar refractivity (Wildman–Crippen MR) is 95.6 cm³/mol. The van der Waals surface area contributed by atoms with Crippen LogP contribution in [0, 0.1) is 10.1 Å². The summed E-state index contributed by atoms with van der Waals surface area (Å²) >= 11 is 5.84. The molecule has 1 atom stereocenters. The Balaban J connectivity index is 1.98. The van der Waals surface area contributed by atoms with Gasteiger partial charge in [0.2, 0.25) is 0 Å². The summed E-state index contributed by atoms with van der Waals surface area (Å²) in [5.74, 6) is -1.41. The normalized spacial score (nSPS) is 11.8. The minimum atomic E-state index is -1.10. The van der Waals surface area contributed by atoms with Gasteiger partial charge < -0.3 is 10.1 Å². The smallest absolute Gasteiger partial charge is 0.331 e. The maximum atomic E-state index is 12.0. The van der Waals surface area contributed by atoms with Gasteiger partial charge in [0.25, 0.3) is 11.6 Å². The van der Waals surface area contributed by atoms with Crippen molar-refractivity contribution < 1.29 is 19.2 Å². The minimum Gasteiger partial charge on any atom is -0.449 e. The van der Waals surface area contributed by atoms with Crippen molar-refractivity contribution in [2.45, 2.75) is 13.0 Å². The Labute approximate surface area is 153 Å². The molecule has 134 valence electrons. The number of hydrogen-bond donors (Lipinski definition) is 1. The number of nitrogens with one attached hydrogen (secondary N) is 1. The fourth-order valence-electron chi connectivity index (χ4n) is 1.93. The molecule has 1 N–H and O–H groups in total. The molecule has 0 spiro atoms. The summed E-state index contributed by atoms with van der Waals surface area (Å²) in [6, 6.07) is 9.07. The van der Waals surface area contributed by atoms with Gasteiger partial charge in [0.15, 0.2) is 11.3 Å². The molecule has 0 saturated carbocycles. The zero-order valence-corrected chi connectivity index (χ0v) is 14.3. The second kappa shape index (κ2) is 8.72. The standard InChI is InChI=1S/C17H14ClN3O5/c1-11(17(23)20-13-6-4-10-19-16(13)18)26-15(22)9-8-12-5-2-3-7-14(12)21(24)25/h2-11H,1H3,(H,20,23)/b9-8+/t11-/m1/s1. The number of aromatic nitrogens is 1. The van der Waals surface area contributed by atoms with Crippen LogP contribution in [0.25, 0.3) is 6.08 Å². The van der Waals surface area contributed by atoms with E-state index in [9.17, 15) is 19.7 Å². The van der Waals surface area contributed by atoms with Crippen molar-refractivity contribution in [2.75, 3.05) is 5.32 Å². The quantitative estimate of drug-likeness (QED) is 0.273. The summed E-state index contributed by atoms with van der Waals surface area (Å²) in [5, 5.41) is 13.5. The van der Waals surface area contributed by atoms with E-state index in [-0.39, 0.29) is 22.1 Å². The molecule has 0 bridgehead atoms. The number of carbonyl (C=O) groups excluding carboxylic acids is 2. The SMILES string of the molecule is C[C@@H](OC(=O)/C=C/c1ccccc1[N+](=O)[O-])C(=O)Nc1cccnc1Cl. The van der Waals surface area contributed by atoms with Crippen molar-refractivity contribution in [1.29, 1.82) is 0 Å². The first-order valence-corrected chi connectivity index (χ1v) is 7.79. The zero-order valence-electron chi connectivity index (χ0n) is 13.6. The minimum absolute atomic E-state index is 0.107. The summed E-state index contributed by atoms with van der Waals surface area (Å²) in [5.41, 5.74) is 0.389. The van der Waals surface area contributed by atoms with E-state index in [2.05, 4.69) is 10.3 Å². The average Bonchev–Trinajstić information content (AvgIpc) is 2.62. The molecular weight excluding hydrogens is 362 g/mol. The molecule has 1 aromatic heterocycles. The topological polar surface area (TPSA) is 111 Å². The fourth-order valence-corrected chi connectivity index (χ4v) is 2.10. The van der Waals surface area contributed by atoms with E-state index in [1.807, 2.05) is 0 Å². The molecule has 0 saturated heterocycles. The van der Waals surface area contributed by atoms with E-state index in [0.717, 1.165) is 6.08 Å². The third kappa shape index (κ3) is 5.12. The Morgan fingerprint density at radius 1 is 1.31 bits per heavy atom. The van der Waals surface area contributed by atoms with Gasteiger partial charge in [-0.15, -0.1) is 0 Å². The van der Waals surface area contributed by atoms with Crippen LogP contribution in [0.1, 0.15) is 12.5 Å². The number of esters is 1. The Morgan fingerprint density at radius 3 is 2.73 bits per heavy atom. The van der Waals surface area contributed by atoms with Gasteiger partial charge in [-0.2, -0.15) is 0 Å². The van der Waals surface area contributed by atoms with Crippen LogP contribution in [-0.4, -0.2) is 27.9 Å². The van der Waals surface area contributed by atoms with Crippen LogP contribution in [0.15, 0.2) is 48.7 Å². The first-order chi connectivity index (χ1) is 12.4. The lowest BCUT2D eigenvalue weighted by Crippen LogP contribution is -2.29. The average molecular weight is 376 g/mol. The molecule has 8 nitrogen and oxygen atoms in total. The fraction of sp³-hybridized carbons (Fsp3) is 0.118. The number of nitrogens with zero attached hydrogens (tertiary/aromatic N) is 2. The van der Waals surface area contributed by atoms with E-state index >= 15 is 0 Å². The van der Waals surface area contributed by atoms with Crippen LogP contribution in [-0.2, 0) is 14.3 Å². The number of nitro groups is 1. The van der Waals surface area contributed by atoms with E-state index in [4.69, 9.17) is 16.3 Å². The monoisotopic (exact) mass is 375 g/mol. The number of hydrogen-bond acceptors (Lipinski definition) is 6. The number of amides is 1. The number of nitro benzene ring substituents is 1. The number of carbonyl (C=O) groups is 2. The highest BCUT2D eigenvalue weighted by Crippen LogP contribution is 2.19. The lowest BCUT2D eigenvalue weighted by atomic mass is 10.1. The number of halogens is 1. The van der Waals surface area contributed by atoms with Crippen LogP contribution in [0.2, 0.25) is 5.15 Å². The lowest BCUT2D eigenvalue weighted by molar-refractivity contribution is -0.385. The molecule has 1 heterocycles. The summed E-state index contributed by atoms with van der Waals surface area (Å²) in [7, 11) is 0. The zero-order chi connectivity index (χ0) is 19.1. The van der Waals surface area contributed by atoms with Crippen molar-refractivity contribution in [3.63, 3.8) is 0 Å². The molecular formula is C17H14ClN3O5. The Bertz CT molecular complexity index is 869. The molecule has 0 radical (unpaired) electrons. The Kier molecular flexibility index (Phi) is 6.40. The third-order valence-electron chi connectivity index (χ3n) is 3.21. The number of benzene rings is 1. The van der Waals surface area contributed by atoms with Crippen LogP contribution in [0.3, 0.4) is 0 Å². The highest BCUT2D eigenvalue weighted by molar-refractivity contribution is 6.32. The number of pyridine rings is 1. The molecule has 9 heteroatoms. The second-order valence-corrected chi connectivity index (χ2v) is 5.42. The van der Waals surface area contributed by atoms with Gasteiger partial charge in [-0.25, -0.2) is 9.78 Å². The van der Waals surface area contributed by atoms with Gasteiger partial charge in [0, 0.05) is 18.3 Å². The van der Waals surface area contributed by atoms with Crippen LogP contribution in [0.4, 0.5) is 11.4 Å². The molecule has 0 aliphatic rings. The molecule has 1 aromatic carbocycles. The van der Waals surface area contributed by atoms with Gasteiger partial charge in [0.05, 0.1) is 16.2 Å². The summed E-state index contributed by atoms with van der Waals surface area (Å²) < 4.78 is 4.98. The molecule has 0 aliphatic carbocycles. The van der Waals surface area contributed by atoms with E-state index < -0.39 is 22.9 Å². The molecule has 0 fully saturated rings. The van der Waals surface area contributed by atoms with Crippen LogP contribution >= 0.6 is 11.6 Å². The lowest BCUT2D eigenvalue weighted by Gasteiger charge is -2.12. The van der Waals surface area contributed by atoms with Crippen molar-refractivity contribution in [1.82, 2.24) is 4.98 Å². The predicted octanol–water partition coefficient (Wildman–Crippen LogP) is 3.23. The van der Waals surface area contributed by atoms with Gasteiger partial charge in [-0.05, 0) is 31.2 Å². The number of rotatable bonds is 6. The third-order valence-corrected chi connectivity index (χ3v) is 3.51. The van der Waals surface area contributed by atoms with Crippen molar-refractivity contribution in [2.24, 2.45) is 0 Å². The highest BCUT2D eigenvalue weighted by atomic mass is 35.5. The Hall–Kier alpha value is -3.26. The molecule has 0 aliphatic heterocycles. The molecule has 0 unspecified atom stereocenters. The highest BCUT2D eigenvalue weighted by Gasteiger charge is 2.18. The van der Waals surface area contributed by atoms with E-state index in [1.54, 1.807) is 18.2 Å². The number of ether oxygens (including phenoxy) is 1. The summed E-state index contributed by atoms with van der Waals surface area (Å²) in [6.45, 7) is 1.39. The number of para-hydroxylation sites is 1. The molecule has 2 aromatic rings. The molecule has 26 heavy (non-hydrogen) atoms. The molecule has 2 rings (SSSR count). The largest absolute Gasteiger partial charge is 0.449 e. The van der Waals surface area contributed by atoms with Crippen LogP contribution in [0.5, 0.6) is 0 Å². The summed E-state index contributed by atoms with van der Waals surface area (Å²) in [6.07, 6.45) is 2.63. The van der Waals surface area contributed by atoms with Crippen molar-refractivity contribution >= 4 is 40.9 Å². The van der Waals surface area contributed by atoms with Gasteiger partial charge >= 0.3 is 5.97 Å². The van der Waals surface area contributed by atoms with E-state index in [0.29, 0.717) is 0 Å². The maximum absolute atomic E-state index is 12.0. The first kappa shape index (κ1) is 19.1. The second-order valence-electron chi connectivity index (χ2n) is 5.06. The van der Waals surface area contributed by atoms with Crippen molar-refractivity contribution in [3.8, 4) is 0 Å². The summed E-state index contributed by atoms with van der Waals surface area (Å²) in [4.78, 5) is 38.0. The number of anilines is 1. The van der Waals surface area contributed by atoms with Gasteiger partial charge in [-0.3, -0.25) is 14.9 Å². The first-order valence-electron chi connectivity index (χ1n) is 7.42. The van der Waals surface area contributed by atoms with Gasteiger partial charge in [-0.1, -0.05) is 23.7 Å². The van der Waals surface area contributed by atoms with Crippen molar-refractivity contribution in [3.05, 3.63) is 69.5 Å². The molecule has 1 amide bonds. The Morgan fingerprint density at radius 2 is 2.04 bits per heavy atom. The maximum Gasteiger partial charge on any atom is 0.331 e. The van der Waals surface area contributed by atoms with Gasteiger partial charge in [0.1, 0.15) is 0 Å². The van der Waals surface area contributed by atoms with Crippen LogP contribution < -0.4 is 5.32 Å².